The Labute approximate surface area is 119 Å². The second-order valence-corrected chi connectivity index (χ2v) is 6.10. The van der Waals surface area contributed by atoms with Crippen LogP contribution in [0.2, 0.25) is 0 Å². The molecule has 0 unspecified atom stereocenters. The van der Waals surface area contributed by atoms with Crippen LogP contribution in [0.25, 0.3) is 0 Å². The first-order chi connectivity index (χ1) is 9.49. The third kappa shape index (κ3) is 2.04. The molecule has 1 aromatic heterocycles. The fraction of sp³-hybridized carbons (Fsp3) is 0.733. The van der Waals surface area contributed by atoms with Gasteiger partial charge in [0.1, 0.15) is 12.1 Å². The monoisotopic (exact) mass is 277 g/mol. The molecule has 20 heavy (non-hydrogen) atoms. The topological polar surface area (TPSA) is 47.4 Å². The molecule has 0 bridgehead atoms. The molecule has 0 saturated carbocycles. The summed E-state index contributed by atoms with van der Waals surface area (Å²) in [5, 5.41) is 4.52. The van der Waals surface area contributed by atoms with E-state index in [0.29, 0.717) is 6.04 Å². The van der Waals surface area contributed by atoms with Gasteiger partial charge < -0.3 is 4.74 Å². The van der Waals surface area contributed by atoms with Gasteiger partial charge in [0, 0.05) is 30.8 Å². The molecule has 2 fully saturated rings. The van der Waals surface area contributed by atoms with Crippen LogP contribution < -0.4 is 0 Å². The third-order valence-corrected chi connectivity index (χ3v) is 4.74. The number of esters is 1. The molecule has 0 N–H and O–H groups in total. The minimum absolute atomic E-state index is 0.0462. The van der Waals surface area contributed by atoms with E-state index in [4.69, 9.17) is 4.74 Å². The zero-order chi connectivity index (χ0) is 14.4. The maximum Gasteiger partial charge on any atom is 0.323 e. The van der Waals surface area contributed by atoms with E-state index in [0.717, 1.165) is 31.5 Å². The quantitative estimate of drug-likeness (QED) is 0.774. The van der Waals surface area contributed by atoms with Crippen LogP contribution in [0, 0.1) is 13.8 Å². The number of aryl methyl sites for hydroxylation is 2. The first-order valence-corrected chi connectivity index (χ1v) is 7.45. The molecule has 5 heteroatoms. The van der Waals surface area contributed by atoms with Crippen molar-refractivity contribution < 1.29 is 9.53 Å². The minimum atomic E-state index is -0.0727. The summed E-state index contributed by atoms with van der Waals surface area (Å²) in [7, 11) is 1.98. The maximum atomic E-state index is 12.0. The molecule has 0 aromatic carbocycles. The highest BCUT2D eigenvalue weighted by atomic mass is 16.6. The average Bonchev–Trinajstić information content (AvgIpc) is 3.01. The summed E-state index contributed by atoms with van der Waals surface area (Å²) >= 11 is 0. The molecule has 0 spiro atoms. The average molecular weight is 277 g/mol. The fourth-order valence-corrected chi connectivity index (χ4v) is 3.75. The number of nitrogens with zero attached hydrogens (tertiary/aromatic N) is 3. The molecule has 5 nitrogen and oxygen atoms in total. The summed E-state index contributed by atoms with van der Waals surface area (Å²) in [5.74, 6) is -0.0522. The first kappa shape index (κ1) is 13.6. The van der Waals surface area contributed by atoms with Crippen LogP contribution in [0.4, 0.5) is 0 Å². The van der Waals surface area contributed by atoms with E-state index in [1.807, 2.05) is 18.7 Å². The molecule has 0 amide bonds. The lowest BCUT2D eigenvalue weighted by Crippen LogP contribution is -2.38. The lowest BCUT2D eigenvalue weighted by molar-refractivity contribution is -0.145. The van der Waals surface area contributed by atoms with Gasteiger partial charge in [-0.25, -0.2) is 0 Å². The van der Waals surface area contributed by atoms with E-state index in [9.17, 15) is 4.79 Å². The van der Waals surface area contributed by atoms with Crippen molar-refractivity contribution in [2.45, 2.75) is 58.2 Å². The molecule has 110 valence electrons. The Morgan fingerprint density at radius 2 is 2.05 bits per heavy atom. The Kier molecular flexibility index (Phi) is 3.32. The molecule has 3 rings (SSSR count). The second kappa shape index (κ2) is 4.88. The summed E-state index contributed by atoms with van der Waals surface area (Å²) in [6.07, 6.45) is 3.10. The van der Waals surface area contributed by atoms with E-state index in [1.54, 1.807) is 0 Å². The van der Waals surface area contributed by atoms with E-state index in [-0.39, 0.29) is 18.1 Å². The molecule has 1 aromatic rings. The smallest absolute Gasteiger partial charge is 0.323 e. The Balaban J connectivity index is 1.91. The van der Waals surface area contributed by atoms with E-state index in [2.05, 4.69) is 23.8 Å². The van der Waals surface area contributed by atoms with E-state index < -0.39 is 0 Å². The zero-order valence-electron chi connectivity index (χ0n) is 12.7. The number of likely N-dealkylation sites (tertiary alicyclic amines) is 1. The van der Waals surface area contributed by atoms with Crippen LogP contribution in [-0.4, -0.2) is 39.3 Å². The largest absolute Gasteiger partial charge is 0.461 e. The Bertz CT molecular complexity index is 537. The predicted octanol–water partition coefficient (Wildman–Crippen LogP) is 1.88. The highest BCUT2D eigenvalue weighted by Gasteiger charge is 2.42. The lowest BCUT2D eigenvalue weighted by atomic mass is 10.0. The second-order valence-electron chi connectivity index (χ2n) is 6.10. The van der Waals surface area contributed by atoms with Gasteiger partial charge >= 0.3 is 5.97 Å². The van der Waals surface area contributed by atoms with Crippen LogP contribution in [0.5, 0.6) is 0 Å². The highest BCUT2D eigenvalue weighted by Crippen LogP contribution is 2.39. The van der Waals surface area contributed by atoms with E-state index in [1.165, 1.54) is 11.3 Å². The summed E-state index contributed by atoms with van der Waals surface area (Å²) < 4.78 is 7.28. The van der Waals surface area contributed by atoms with Gasteiger partial charge in [0.05, 0.1) is 5.69 Å². The zero-order valence-corrected chi connectivity index (χ0v) is 12.7. The maximum absolute atomic E-state index is 12.0. The standard InChI is InChI=1S/C15H23N3O2/c1-9-8-13(15(19)20-9)18-7-5-6-12(18)14-10(2)16-17(4)11(14)3/h9,12-13H,5-8H2,1-4H3/t9-,12+,13+/m1/s1. The number of hydrogen-bond acceptors (Lipinski definition) is 4. The van der Waals surface area contributed by atoms with Gasteiger partial charge in [-0.15, -0.1) is 0 Å². The predicted molar refractivity (Wildman–Crippen MR) is 75.3 cm³/mol. The fourth-order valence-electron chi connectivity index (χ4n) is 3.75. The lowest BCUT2D eigenvalue weighted by Gasteiger charge is -2.28. The number of carbonyl (C=O) groups excluding carboxylic acids is 1. The van der Waals surface area contributed by atoms with Crippen molar-refractivity contribution in [3.8, 4) is 0 Å². The van der Waals surface area contributed by atoms with Crippen molar-refractivity contribution in [2.24, 2.45) is 7.05 Å². The molecule has 2 aliphatic rings. The number of ether oxygens (including phenoxy) is 1. The van der Waals surface area contributed by atoms with Gasteiger partial charge in [-0.2, -0.15) is 5.10 Å². The van der Waals surface area contributed by atoms with Crippen molar-refractivity contribution >= 4 is 5.97 Å². The van der Waals surface area contributed by atoms with Crippen LogP contribution in [0.3, 0.4) is 0 Å². The Morgan fingerprint density at radius 3 is 2.60 bits per heavy atom. The van der Waals surface area contributed by atoms with Crippen molar-refractivity contribution in [3.63, 3.8) is 0 Å². The molecule has 3 heterocycles. The molecular weight excluding hydrogens is 254 g/mol. The van der Waals surface area contributed by atoms with Gasteiger partial charge in [-0.05, 0) is 40.2 Å². The normalized spacial score (nSPS) is 31.0. The number of rotatable bonds is 2. The molecule has 0 radical (unpaired) electrons. The van der Waals surface area contributed by atoms with Crippen LogP contribution in [0.15, 0.2) is 0 Å². The van der Waals surface area contributed by atoms with Gasteiger partial charge in [0.15, 0.2) is 0 Å². The number of aromatic nitrogens is 2. The van der Waals surface area contributed by atoms with Crippen LogP contribution in [0.1, 0.15) is 49.2 Å². The highest BCUT2D eigenvalue weighted by molar-refractivity contribution is 5.78. The number of carbonyl (C=O) groups is 1. The SMILES string of the molecule is Cc1nn(C)c(C)c1[C@@H]1CCCN1[C@H]1C[C@@H](C)OC1=O. The molecule has 3 atom stereocenters. The van der Waals surface area contributed by atoms with Crippen LogP contribution >= 0.6 is 0 Å². The number of hydrogen-bond donors (Lipinski definition) is 0. The van der Waals surface area contributed by atoms with E-state index >= 15 is 0 Å². The Hall–Kier alpha value is -1.36. The molecule has 2 saturated heterocycles. The first-order valence-electron chi connectivity index (χ1n) is 7.45. The van der Waals surface area contributed by atoms with Gasteiger partial charge in [-0.1, -0.05) is 0 Å². The third-order valence-electron chi connectivity index (χ3n) is 4.74. The summed E-state index contributed by atoms with van der Waals surface area (Å²) in [6.45, 7) is 7.13. The summed E-state index contributed by atoms with van der Waals surface area (Å²) in [6, 6.07) is 0.239. The van der Waals surface area contributed by atoms with Gasteiger partial charge in [0.2, 0.25) is 0 Å². The van der Waals surface area contributed by atoms with Gasteiger partial charge in [0.25, 0.3) is 0 Å². The van der Waals surface area contributed by atoms with Crippen LogP contribution in [-0.2, 0) is 16.6 Å². The van der Waals surface area contributed by atoms with Crippen molar-refractivity contribution in [3.05, 3.63) is 17.0 Å². The number of cyclic esters (lactones) is 1. The molecule has 2 aliphatic heterocycles. The summed E-state index contributed by atoms with van der Waals surface area (Å²) in [4.78, 5) is 14.4. The van der Waals surface area contributed by atoms with Crippen molar-refractivity contribution in [2.75, 3.05) is 6.54 Å². The summed E-state index contributed by atoms with van der Waals surface area (Å²) in [5.41, 5.74) is 3.59. The van der Waals surface area contributed by atoms with Gasteiger partial charge in [-0.3, -0.25) is 14.4 Å². The van der Waals surface area contributed by atoms with Crippen molar-refractivity contribution in [1.82, 2.24) is 14.7 Å². The Morgan fingerprint density at radius 1 is 1.30 bits per heavy atom. The minimum Gasteiger partial charge on any atom is -0.461 e. The van der Waals surface area contributed by atoms with Crippen molar-refractivity contribution in [1.29, 1.82) is 0 Å². The molecule has 0 aliphatic carbocycles. The molecular formula is C15H23N3O2.